The molecule has 1 nitrogen and oxygen atoms in total. The van der Waals surface area contributed by atoms with Crippen LogP contribution in [-0.4, -0.2) is 5.11 Å². The van der Waals surface area contributed by atoms with Crippen LogP contribution in [0.2, 0.25) is 10.0 Å². The fourth-order valence-corrected chi connectivity index (χ4v) is 2.36. The second kappa shape index (κ2) is 3.38. The fraction of sp³-hybridized carbons (Fsp3) is 0.500. The molecule has 1 aromatic rings. The zero-order valence-electron chi connectivity index (χ0n) is 8.85. The summed E-state index contributed by atoms with van der Waals surface area (Å²) in [7, 11) is 0. The summed E-state index contributed by atoms with van der Waals surface area (Å²) in [4.78, 5) is 0. The molecule has 1 unspecified atom stereocenters. The van der Waals surface area contributed by atoms with Crippen molar-refractivity contribution in [1.82, 2.24) is 0 Å². The SMILES string of the molecule is CC1(C(C)(O)c2cccc(Cl)c2Cl)CC1. The maximum absolute atomic E-state index is 10.5. The molecule has 1 saturated carbocycles. The number of hydrogen-bond acceptors (Lipinski definition) is 1. The Bertz CT molecular complexity index is 395. The largest absolute Gasteiger partial charge is 0.385 e. The molecule has 3 heteroatoms. The van der Waals surface area contributed by atoms with Crippen LogP contribution >= 0.6 is 23.2 Å². The van der Waals surface area contributed by atoms with Crippen molar-refractivity contribution in [3.63, 3.8) is 0 Å². The van der Waals surface area contributed by atoms with Crippen LogP contribution in [0.4, 0.5) is 0 Å². The molecule has 0 amide bonds. The van der Waals surface area contributed by atoms with E-state index < -0.39 is 5.60 Å². The molecule has 2 rings (SSSR count). The van der Waals surface area contributed by atoms with Crippen molar-refractivity contribution in [2.45, 2.75) is 32.3 Å². The van der Waals surface area contributed by atoms with Crippen molar-refractivity contribution in [1.29, 1.82) is 0 Å². The van der Waals surface area contributed by atoms with Gasteiger partial charge >= 0.3 is 0 Å². The van der Waals surface area contributed by atoms with E-state index in [1.54, 1.807) is 6.07 Å². The topological polar surface area (TPSA) is 20.2 Å². The first-order valence-corrected chi connectivity index (χ1v) is 5.81. The third kappa shape index (κ3) is 1.67. The average Bonchev–Trinajstić information content (AvgIpc) is 2.90. The molecule has 0 aromatic heterocycles. The Hall–Kier alpha value is -0.240. The molecule has 1 aromatic carbocycles. The van der Waals surface area contributed by atoms with Gasteiger partial charge in [0, 0.05) is 11.0 Å². The fourth-order valence-electron chi connectivity index (χ4n) is 1.88. The first kappa shape index (κ1) is 11.3. The normalized spacial score (nSPS) is 22.2. The van der Waals surface area contributed by atoms with Crippen LogP contribution < -0.4 is 0 Å². The van der Waals surface area contributed by atoms with Crippen LogP contribution in [0.15, 0.2) is 18.2 Å². The van der Waals surface area contributed by atoms with Gasteiger partial charge in [0.25, 0.3) is 0 Å². The highest BCUT2D eigenvalue weighted by molar-refractivity contribution is 6.42. The average molecular weight is 245 g/mol. The standard InChI is InChI=1S/C12H14Cl2O/c1-11(6-7-11)12(2,15)8-4-3-5-9(13)10(8)14/h3-5,15H,6-7H2,1-2H3. The highest BCUT2D eigenvalue weighted by Crippen LogP contribution is 2.58. The predicted octanol–water partition coefficient (Wildman–Crippen LogP) is 4.00. The highest BCUT2D eigenvalue weighted by atomic mass is 35.5. The van der Waals surface area contributed by atoms with Crippen LogP contribution in [0.5, 0.6) is 0 Å². The van der Waals surface area contributed by atoms with E-state index in [2.05, 4.69) is 6.92 Å². The van der Waals surface area contributed by atoms with Gasteiger partial charge < -0.3 is 5.11 Å². The third-order valence-corrected chi connectivity index (χ3v) is 4.47. The van der Waals surface area contributed by atoms with Gasteiger partial charge in [-0.3, -0.25) is 0 Å². The van der Waals surface area contributed by atoms with Gasteiger partial charge in [0.15, 0.2) is 0 Å². The van der Waals surface area contributed by atoms with Gasteiger partial charge in [0.2, 0.25) is 0 Å². The maximum Gasteiger partial charge on any atom is 0.0936 e. The first-order chi connectivity index (χ1) is 6.88. The summed E-state index contributed by atoms with van der Waals surface area (Å²) in [6, 6.07) is 5.40. The second-order valence-electron chi connectivity index (χ2n) is 4.73. The minimum Gasteiger partial charge on any atom is -0.385 e. The number of benzene rings is 1. The van der Waals surface area contributed by atoms with Crippen molar-refractivity contribution < 1.29 is 5.11 Å². The lowest BCUT2D eigenvalue weighted by atomic mass is 9.81. The summed E-state index contributed by atoms with van der Waals surface area (Å²) in [5.74, 6) is 0. The molecule has 15 heavy (non-hydrogen) atoms. The third-order valence-electron chi connectivity index (χ3n) is 3.65. The zero-order chi connectivity index (χ0) is 11.3. The Morgan fingerprint density at radius 2 is 1.93 bits per heavy atom. The Balaban J connectivity index is 2.49. The van der Waals surface area contributed by atoms with Gasteiger partial charge in [0.1, 0.15) is 0 Å². The number of aliphatic hydroxyl groups is 1. The first-order valence-electron chi connectivity index (χ1n) is 5.05. The molecule has 1 atom stereocenters. The van der Waals surface area contributed by atoms with Gasteiger partial charge in [-0.2, -0.15) is 0 Å². The van der Waals surface area contributed by atoms with E-state index in [0.717, 1.165) is 18.4 Å². The highest BCUT2D eigenvalue weighted by Gasteiger charge is 2.53. The smallest absolute Gasteiger partial charge is 0.0936 e. The van der Waals surface area contributed by atoms with Gasteiger partial charge in [-0.15, -0.1) is 0 Å². The van der Waals surface area contributed by atoms with E-state index in [1.165, 1.54) is 0 Å². The molecule has 1 aliphatic carbocycles. The maximum atomic E-state index is 10.5. The Kier molecular flexibility index (Phi) is 2.53. The van der Waals surface area contributed by atoms with Crippen LogP contribution in [0, 0.1) is 5.41 Å². The zero-order valence-corrected chi connectivity index (χ0v) is 10.4. The van der Waals surface area contributed by atoms with Crippen LogP contribution in [0.25, 0.3) is 0 Å². The number of rotatable bonds is 2. The summed E-state index contributed by atoms with van der Waals surface area (Å²) in [5, 5.41) is 11.5. The number of halogens is 2. The minimum absolute atomic E-state index is 0.0542. The molecule has 0 saturated heterocycles. The molecule has 0 aliphatic heterocycles. The Labute approximate surface area is 100 Å². The lowest BCUT2D eigenvalue weighted by molar-refractivity contribution is -0.0125. The Morgan fingerprint density at radius 1 is 1.33 bits per heavy atom. The molecule has 0 radical (unpaired) electrons. The molecule has 1 N–H and O–H groups in total. The summed E-state index contributed by atoms with van der Waals surface area (Å²) >= 11 is 12.1. The Morgan fingerprint density at radius 3 is 2.47 bits per heavy atom. The summed E-state index contributed by atoms with van der Waals surface area (Å²) < 4.78 is 0. The van der Waals surface area contributed by atoms with Crippen molar-refractivity contribution in [3.05, 3.63) is 33.8 Å². The predicted molar refractivity (Wildman–Crippen MR) is 63.4 cm³/mol. The summed E-state index contributed by atoms with van der Waals surface area (Å²) in [6.45, 7) is 3.89. The molecule has 0 bridgehead atoms. The van der Waals surface area contributed by atoms with Gasteiger partial charge in [-0.1, -0.05) is 42.3 Å². The molecule has 1 fully saturated rings. The van der Waals surface area contributed by atoms with E-state index in [9.17, 15) is 5.11 Å². The molecule has 1 aliphatic rings. The van der Waals surface area contributed by atoms with Crippen molar-refractivity contribution >= 4 is 23.2 Å². The van der Waals surface area contributed by atoms with E-state index in [-0.39, 0.29) is 5.41 Å². The van der Waals surface area contributed by atoms with Crippen LogP contribution in [0.1, 0.15) is 32.3 Å². The van der Waals surface area contributed by atoms with Crippen molar-refractivity contribution in [3.8, 4) is 0 Å². The van der Waals surface area contributed by atoms with Gasteiger partial charge in [0.05, 0.1) is 15.6 Å². The van der Waals surface area contributed by atoms with Crippen LogP contribution in [0.3, 0.4) is 0 Å². The molecular formula is C12H14Cl2O. The van der Waals surface area contributed by atoms with Crippen LogP contribution in [-0.2, 0) is 5.60 Å². The van der Waals surface area contributed by atoms with Crippen molar-refractivity contribution in [2.75, 3.05) is 0 Å². The van der Waals surface area contributed by atoms with E-state index in [4.69, 9.17) is 23.2 Å². The van der Waals surface area contributed by atoms with Gasteiger partial charge in [-0.25, -0.2) is 0 Å². The molecule has 82 valence electrons. The number of hydrogen-bond donors (Lipinski definition) is 1. The van der Waals surface area contributed by atoms with Crippen molar-refractivity contribution in [2.24, 2.45) is 5.41 Å². The van der Waals surface area contributed by atoms with Gasteiger partial charge in [-0.05, 0) is 25.8 Å². The summed E-state index contributed by atoms with van der Waals surface area (Å²) in [6.07, 6.45) is 2.06. The monoisotopic (exact) mass is 244 g/mol. The summed E-state index contributed by atoms with van der Waals surface area (Å²) in [5.41, 5.74) is -0.215. The lowest BCUT2D eigenvalue weighted by Gasteiger charge is -2.32. The van der Waals surface area contributed by atoms with E-state index in [1.807, 2.05) is 19.1 Å². The van der Waals surface area contributed by atoms with E-state index in [0.29, 0.717) is 10.0 Å². The molecule has 0 spiro atoms. The molecule has 0 heterocycles. The molecular weight excluding hydrogens is 231 g/mol. The quantitative estimate of drug-likeness (QED) is 0.834. The second-order valence-corrected chi connectivity index (χ2v) is 5.52. The lowest BCUT2D eigenvalue weighted by Crippen LogP contribution is -2.31. The van der Waals surface area contributed by atoms with E-state index >= 15 is 0 Å². The minimum atomic E-state index is -0.894.